The van der Waals surface area contributed by atoms with Crippen molar-refractivity contribution < 1.29 is 19.4 Å². The van der Waals surface area contributed by atoms with Gasteiger partial charge in [0.25, 0.3) is 0 Å². The standard InChI is InChI=1S/C4H11BO4/c1-4(2)8-3-9-5(6)7/h4,6-7H,3H2,1-2H3. The van der Waals surface area contributed by atoms with Crippen molar-refractivity contribution in [2.45, 2.75) is 20.0 Å². The fraction of sp³-hybridized carbons (Fsp3) is 1.00. The average Bonchev–Trinajstić information content (AvgIpc) is 1.63. The Morgan fingerprint density at radius 3 is 2.33 bits per heavy atom. The molecule has 2 N–H and O–H groups in total. The molecule has 0 aliphatic rings. The van der Waals surface area contributed by atoms with Crippen LogP contribution in [0.15, 0.2) is 0 Å². The summed E-state index contributed by atoms with van der Waals surface area (Å²) in [5.74, 6) is 0. The third-order valence-corrected chi connectivity index (χ3v) is 0.618. The highest BCUT2D eigenvalue weighted by atomic mass is 16.7. The summed E-state index contributed by atoms with van der Waals surface area (Å²) in [6.07, 6.45) is 0.0451. The van der Waals surface area contributed by atoms with Gasteiger partial charge in [0.15, 0.2) is 0 Å². The number of hydrogen-bond acceptors (Lipinski definition) is 4. The van der Waals surface area contributed by atoms with Crippen molar-refractivity contribution >= 4 is 7.32 Å². The van der Waals surface area contributed by atoms with Crippen molar-refractivity contribution in [3.63, 3.8) is 0 Å². The van der Waals surface area contributed by atoms with Crippen LogP contribution in [0.4, 0.5) is 0 Å². The van der Waals surface area contributed by atoms with Gasteiger partial charge in [-0.3, -0.25) is 0 Å². The Kier molecular flexibility index (Phi) is 4.70. The smallest absolute Gasteiger partial charge is 0.402 e. The van der Waals surface area contributed by atoms with Gasteiger partial charge in [0.05, 0.1) is 6.10 Å². The van der Waals surface area contributed by atoms with E-state index in [2.05, 4.69) is 4.65 Å². The van der Waals surface area contributed by atoms with Gasteiger partial charge in [-0.15, -0.1) is 0 Å². The molecule has 5 heteroatoms. The Balaban J connectivity index is 2.91. The lowest BCUT2D eigenvalue weighted by Gasteiger charge is -2.06. The fourth-order valence-corrected chi connectivity index (χ4v) is 0.236. The molecule has 0 aromatic carbocycles. The maximum atomic E-state index is 8.12. The van der Waals surface area contributed by atoms with Crippen LogP contribution in [0.2, 0.25) is 0 Å². The van der Waals surface area contributed by atoms with E-state index in [4.69, 9.17) is 14.8 Å². The van der Waals surface area contributed by atoms with E-state index in [0.717, 1.165) is 0 Å². The third kappa shape index (κ3) is 7.90. The second-order valence-corrected chi connectivity index (χ2v) is 1.83. The molecule has 0 radical (unpaired) electrons. The number of hydrogen-bond donors (Lipinski definition) is 2. The summed E-state index contributed by atoms with van der Waals surface area (Å²) in [6.45, 7) is 3.57. The molecule has 0 spiro atoms. The second kappa shape index (κ2) is 4.75. The lowest BCUT2D eigenvalue weighted by Crippen LogP contribution is -2.20. The molecule has 0 aliphatic carbocycles. The first-order valence-electron chi connectivity index (χ1n) is 2.72. The predicted molar refractivity (Wildman–Crippen MR) is 32.4 cm³/mol. The first-order valence-corrected chi connectivity index (χ1v) is 2.72. The Labute approximate surface area is 54.6 Å². The van der Waals surface area contributed by atoms with E-state index in [1.807, 2.05) is 13.8 Å². The second-order valence-electron chi connectivity index (χ2n) is 1.83. The first-order chi connectivity index (χ1) is 4.13. The molecule has 0 saturated carbocycles. The topological polar surface area (TPSA) is 58.9 Å². The van der Waals surface area contributed by atoms with Gasteiger partial charge in [0.1, 0.15) is 6.79 Å². The maximum absolute atomic E-state index is 8.12. The normalized spacial score (nSPS) is 10.3. The molecule has 0 bridgehead atoms. The number of ether oxygens (including phenoxy) is 1. The highest BCUT2D eigenvalue weighted by Gasteiger charge is 2.07. The molecular formula is C4H11BO4. The van der Waals surface area contributed by atoms with E-state index in [9.17, 15) is 0 Å². The van der Waals surface area contributed by atoms with Gasteiger partial charge in [-0.25, -0.2) is 0 Å². The third-order valence-electron chi connectivity index (χ3n) is 0.618. The Morgan fingerprint density at radius 2 is 2.00 bits per heavy atom. The zero-order valence-electron chi connectivity index (χ0n) is 5.57. The largest absolute Gasteiger partial charge is 0.635 e. The molecule has 9 heavy (non-hydrogen) atoms. The van der Waals surface area contributed by atoms with Gasteiger partial charge in [0, 0.05) is 0 Å². The van der Waals surface area contributed by atoms with Crippen molar-refractivity contribution in [2.24, 2.45) is 0 Å². The van der Waals surface area contributed by atoms with Crippen molar-refractivity contribution in [1.29, 1.82) is 0 Å². The Hall–Kier alpha value is -0.0951. The van der Waals surface area contributed by atoms with E-state index in [0.29, 0.717) is 0 Å². The van der Waals surface area contributed by atoms with Crippen LogP contribution in [0.1, 0.15) is 13.8 Å². The minimum Gasteiger partial charge on any atom is -0.402 e. The summed E-state index contributed by atoms with van der Waals surface area (Å²) in [5.41, 5.74) is 0. The highest BCUT2D eigenvalue weighted by Crippen LogP contribution is 1.87. The number of rotatable bonds is 4. The average molecular weight is 134 g/mol. The molecule has 4 nitrogen and oxygen atoms in total. The lowest BCUT2D eigenvalue weighted by molar-refractivity contribution is -0.0404. The molecule has 0 aromatic heterocycles. The van der Waals surface area contributed by atoms with Gasteiger partial charge in [-0.2, -0.15) is 0 Å². The van der Waals surface area contributed by atoms with Crippen LogP contribution in [0.3, 0.4) is 0 Å². The van der Waals surface area contributed by atoms with Crippen molar-refractivity contribution in [2.75, 3.05) is 6.79 Å². The van der Waals surface area contributed by atoms with E-state index in [1.54, 1.807) is 0 Å². The van der Waals surface area contributed by atoms with Crippen LogP contribution in [0.25, 0.3) is 0 Å². The highest BCUT2D eigenvalue weighted by molar-refractivity contribution is 6.32. The van der Waals surface area contributed by atoms with E-state index >= 15 is 0 Å². The molecule has 0 atom stereocenters. The monoisotopic (exact) mass is 134 g/mol. The summed E-state index contributed by atoms with van der Waals surface area (Å²) >= 11 is 0. The van der Waals surface area contributed by atoms with Gasteiger partial charge in [0.2, 0.25) is 0 Å². The maximum Gasteiger partial charge on any atom is 0.635 e. The van der Waals surface area contributed by atoms with Crippen molar-refractivity contribution in [3.8, 4) is 0 Å². The molecule has 0 heterocycles. The minimum absolute atomic E-state index is 0.0451. The predicted octanol–water partition coefficient (Wildman–Crippen LogP) is -0.645. The van der Waals surface area contributed by atoms with Crippen LogP contribution >= 0.6 is 0 Å². The fourth-order valence-electron chi connectivity index (χ4n) is 0.236. The zero-order chi connectivity index (χ0) is 7.28. The summed E-state index contributed by atoms with van der Waals surface area (Å²) in [7, 11) is -1.73. The molecule has 0 saturated heterocycles. The lowest BCUT2D eigenvalue weighted by atomic mass is 10.3. The zero-order valence-corrected chi connectivity index (χ0v) is 5.57. The van der Waals surface area contributed by atoms with Crippen LogP contribution in [0.5, 0.6) is 0 Å². The van der Waals surface area contributed by atoms with Gasteiger partial charge in [-0.05, 0) is 13.8 Å². The molecule has 0 unspecified atom stereocenters. The molecular weight excluding hydrogens is 123 g/mol. The molecule has 0 aromatic rings. The summed E-state index contributed by atoms with van der Waals surface area (Å²) in [5, 5.41) is 16.2. The van der Waals surface area contributed by atoms with E-state index < -0.39 is 7.32 Å². The summed E-state index contributed by atoms with van der Waals surface area (Å²) in [4.78, 5) is 0. The van der Waals surface area contributed by atoms with Crippen molar-refractivity contribution in [1.82, 2.24) is 0 Å². The van der Waals surface area contributed by atoms with Gasteiger partial charge < -0.3 is 19.4 Å². The Bertz CT molecular complexity index is 57.6. The van der Waals surface area contributed by atoms with E-state index in [-0.39, 0.29) is 12.9 Å². The van der Waals surface area contributed by atoms with Crippen molar-refractivity contribution in [3.05, 3.63) is 0 Å². The molecule has 0 fully saturated rings. The molecule has 0 rings (SSSR count). The van der Waals surface area contributed by atoms with Crippen LogP contribution in [-0.4, -0.2) is 30.3 Å². The van der Waals surface area contributed by atoms with E-state index in [1.165, 1.54) is 0 Å². The molecule has 0 amide bonds. The first kappa shape index (κ1) is 8.90. The minimum atomic E-state index is -1.73. The molecule has 54 valence electrons. The van der Waals surface area contributed by atoms with Crippen LogP contribution in [0, 0.1) is 0 Å². The van der Waals surface area contributed by atoms with Crippen LogP contribution < -0.4 is 0 Å². The summed E-state index contributed by atoms with van der Waals surface area (Å²) < 4.78 is 9.05. The van der Waals surface area contributed by atoms with Gasteiger partial charge >= 0.3 is 7.32 Å². The van der Waals surface area contributed by atoms with Gasteiger partial charge in [-0.1, -0.05) is 0 Å². The van der Waals surface area contributed by atoms with Crippen LogP contribution in [-0.2, 0) is 9.39 Å². The SMILES string of the molecule is CC(C)OCOB(O)O. The summed E-state index contributed by atoms with van der Waals surface area (Å²) in [6, 6.07) is 0. The quantitative estimate of drug-likeness (QED) is 0.396. The molecule has 0 aliphatic heterocycles. The Morgan fingerprint density at radius 1 is 1.44 bits per heavy atom.